The minimum absolute atomic E-state index is 0.0441. The van der Waals surface area contributed by atoms with Crippen LogP contribution < -0.4 is 14.4 Å². The van der Waals surface area contributed by atoms with Crippen molar-refractivity contribution < 1.29 is 28.2 Å². The van der Waals surface area contributed by atoms with Gasteiger partial charge in [0.15, 0.2) is 5.82 Å². The Morgan fingerprint density at radius 1 is 1.02 bits per heavy atom. The lowest BCUT2D eigenvalue weighted by Crippen LogP contribution is -2.52. The zero-order valence-electron chi connectivity index (χ0n) is 23.3. The predicted molar refractivity (Wildman–Crippen MR) is 151 cm³/mol. The lowest BCUT2D eigenvalue weighted by molar-refractivity contribution is -0.132. The Morgan fingerprint density at radius 3 is 2.49 bits per heavy atom. The van der Waals surface area contributed by atoms with Crippen LogP contribution in [0.3, 0.4) is 0 Å². The van der Waals surface area contributed by atoms with Gasteiger partial charge >= 0.3 is 0 Å². The van der Waals surface area contributed by atoms with E-state index < -0.39 is 11.7 Å². The Labute approximate surface area is 238 Å². The summed E-state index contributed by atoms with van der Waals surface area (Å²) in [5, 5.41) is 8.83. The number of carbonyl (C=O) groups excluding carboxylic acids is 2. The molecular formula is C30H34FN5O5. The molecule has 0 spiro atoms. The van der Waals surface area contributed by atoms with Gasteiger partial charge in [-0.15, -0.1) is 10.2 Å². The number of benzene rings is 2. The second kappa shape index (κ2) is 12.9. The van der Waals surface area contributed by atoms with E-state index in [0.29, 0.717) is 55.8 Å². The summed E-state index contributed by atoms with van der Waals surface area (Å²) in [5.74, 6) is 0.751. The Bertz CT molecular complexity index is 1360. The summed E-state index contributed by atoms with van der Waals surface area (Å²) >= 11 is 0. The number of anilines is 1. The highest BCUT2D eigenvalue weighted by molar-refractivity contribution is 5.96. The number of rotatable bonds is 9. The number of carbonyl (C=O) groups is 2. The highest BCUT2D eigenvalue weighted by Crippen LogP contribution is 2.32. The second-order valence-corrected chi connectivity index (χ2v) is 10.0. The average molecular weight is 564 g/mol. The van der Waals surface area contributed by atoms with Gasteiger partial charge < -0.3 is 28.9 Å². The Balaban J connectivity index is 1.21. The molecule has 11 heteroatoms. The number of ether oxygens (including phenoxy) is 3. The molecule has 2 aliphatic heterocycles. The molecule has 0 saturated carbocycles. The molecule has 2 saturated heterocycles. The number of piperazine rings is 1. The molecule has 2 amide bonds. The maximum absolute atomic E-state index is 14.4. The largest absolute Gasteiger partial charge is 0.497 e. The Kier molecular flexibility index (Phi) is 8.93. The molecule has 1 unspecified atom stereocenters. The molecule has 0 bridgehead atoms. The summed E-state index contributed by atoms with van der Waals surface area (Å²) in [6, 6.07) is 15.2. The van der Waals surface area contributed by atoms with E-state index in [1.807, 2.05) is 24.3 Å². The van der Waals surface area contributed by atoms with Gasteiger partial charge in [-0.2, -0.15) is 0 Å². The highest BCUT2D eigenvalue weighted by atomic mass is 19.1. The van der Waals surface area contributed by atoms with Crippen LogP contribution in [0.4, 0.5) is 10.2 Å². The number of aromatic nitrogens is 2. The number of hydrogen-bond donors (Lipinski definition) is 0. The number of amides is 2. The molecule has 1 atom stereocenters. The first-order valence-corrected chi connectivity index (χ1v) is 13.7. The molecule has 5 rings (SSSR count). The van der Waals surface area contributed by atoms with Crippen LogP contribution in [-0.2, 0) is 9.53 Å². The van der Waals surface area contributed by atoms with E-state index in [1.54, 1.807) is 31.3 Å². The molecule has 3 heterocycles. The van der Waals surface area contributed by atoms with Crippen molar-refractivity contribution in [2.24, 2.45) is 0 Å². The highest BCUT2D eigenvalue weighted by Gasteiger charge is 2.29. The van der Waals surface area contributed by atoms with Gasteiger partial charge in [-0.3, -0.25) is 9.59 Å². The van der Waals surface area contributed by atoms with Crippen LogP contribution >= 0.6 is 0 Å². The first-order chi connectivity index (χ1) is 20.0. The van der Waals surface area contributed by atoms with Crippen LogP contribution in [0.15, 0.2) is 54.6 Å². The molecule has 0 radical (unpaired) electrons. The van der Waals surface area contributed by atoms with Gasteiger partial charge in [0, 0.05) is 51.0 Å². The fourth-order valence-corrected chi connectivity index (χ4v) is 5.15. The number of hydrogen-bond acceptors (Lipinski definition) is 8. The number of methoxy groups -OCH3 is 2. The van der Waals surface area contributed by atoms with Gasteiger partial charge in [0.25, 0.3) is 5.91 Å². The van der Waals surface area contributed by atoms with E-state index in [2.05, 4.69) is 15.1 Å². The summed E-state index contributed by atoms with van der Waals surface area (Å²) in [6.45, 7) is 2.81. The van der Waals surface area contributed by atoms with Crippen molar-refractivity contribution in [2.45, 2.75) is 18.9 Å². The third-order valence-corrected chi connectivity index (χ3v) is 7.46. The maximum atomic E-state index is 14.4. The quantitative estimate of drug-likeness (QED) is 0.392. The van der Waals surface area contributed by atoms with E-state index >= 15 is 0 Å². The Hall–Kier alpha value is -4.25. The third-order valence-electron chi connectivity index (χ3n) is 7.46. The van der Waals surface area contributed by atoms with Crippen molar-refractivity contribution in [3.8, 4) is 22.8 Å². The first-order valence-electron chi connectivity index (χ1n) is 13.7. The Morgan fingerprint density at radius 2 is 1.83 bits per heavy atom. The molecule has 1 aromatic heterocycles. The molecule has 2 aliphatic rings. The lowest BCUT2D eigenvalue weighted by Gasteiger charge is -2.36. The maximum Gasteiger partial charge on any atom is 0.257 e. The van der Waals surface area contributed by atoms with Gasteiger partial charge in [0.1, 0.15) is 23.9 Å². The average Bonchev–Trinajstić information content (AvgIpc) is 3.53. The van der Waals surface area contributed by atoms with Crippen molar-refractivity contribution in [1.82, 2.24) is 20.0 Å². The SMILES string of the molecule is COc1ccc(-c2ccc(N3CCN(C(=O)CN(CC4CCCO4)C(=O)c4ccccc4F)CC3)nn2)c(OC)c1. The molecule has 216 valence electrons. The normalized spacial score (nSPS) is 16.9. The molecule has 2 fully saturated rings. The smallest absolute Gasteiger partial charge is 0.257 e. The van der Waals surface area contributed by atoms with Crippen LogP contribution in [0.1, 0.15) is 23.2 Å². The van der Waals surface area contributed by atoms with Crippen LogP contribution in [0, 0.1) is 5.82 Å². The standard InChI is InChI=1S/C30H34FN5O5/c1-39-21-9-10-24(27(18-21)40-2)26-11-12-28(33-32-26)34-13-15-35(16-14-34)29(37)20-36(19-22-6-5-17-41-22)30(38)23-7-3-4-8-25(23)31/h3-4,7-12,18,22H,5-6,13-17,19-20H2,1-2H3. The zero-order chi connectivity index (χ0) is 28.8. The van der Waals surface area contributed by atoms with Gasteiger partial charge in [0.2, 0.25) is 5.91 Å². The van der Waals surface area contributed by atoms with Crippen molar-refractivity contribution in [2.75, 3.05) is 65.0 Å². The summed E-state index contributed by atoms with van der Waals surface area (Å²) in [5.41, 5.74) is 1.44. The number of halogens is 1. The predicted octanol–water partition coefficient (Wildman–Crippen LogP) is 3.27. The summed E-state index contributed by atoms with van der Waals surface area (Å²) in [4.78, 5) is 31.7. The fourth-order valence-electron chi connectivity index (χ4n) is 5.15. The van der Waals surface area contributed by atoms with E-state index in [9.17, 15) is 14.0 Å². The van der Waals surface area contributed by atoms with Crippen molar-refractivity contribution >= 4 is 17.6 Å². The molecule has 0 aliphatic carbocycles. The summed E-state index contributed by atoms with van der Waals surface area (Å²) in [6.07, 6.45) is 1.55. The van der Waals surface area contributed by atoms with Gasteiger partial charge in [-0.25, -0.2) is 4.39 Å². The van der Waals surface area contributed by atoms with Crippen LogP contribution in [0.5, 0.6) is 11.5 Å². The molecule has 0 N–H and O–H groups in total. The van der Waals surface area contributed by atoms with Gasteiger partial charge in [-0.05, 0) is 49.2 Å². The van der Waals surface area contributed by atoms with Crippen LogP contribution in [-0.4, -0.2) is 98.0 Å². The van der Waals surface area contributed by atoms with Gasteiger partial charge in [-0.1, -0.05) is 12.1 Å². The molecule has 2 aromatic carbocycles. The van der Waals surface area contributed by atoms with E-state index in [0.717, 1.165) is 18.4 Å². The van der Waals surface area contributed by atoms with E-state index in [1.165, 1.54) is 23.1 Å². The number of nitrogens with zero attached hydrogens (tertiary/aromatic N) is 5. The van der Waals surface area contributed by atoms with Crippen molar-refractivity contribution in [3.05, 3.63) is 66.0 Å². The van der Waals surface area contributed by atoms with E-state index in [4.69, 9.17) is 14.2 Å². The molecule has 3 aromatic rings. The summed E-state index contributed by atoms with van der Waals surface area (Å²) < 4.78 is 30.9. The van der Waals surface area contributed by atoms with Crippen molar-refractivity contribution in [1.29, 1.82) is 0 Å². The molecule has 41 heavy (non-hydrogen) atoms. The zero-order valence-corrected chi connectivity index (χ0v) is 23.3. The van der Waals surface area contributed by atoms with Crippen LogP contribution in [0.2, 0.25) is 0 Å². The van der Waals surface area contributed by atoms with Gasteiger partial charge in [0.05, 0.1) is 31.6 Å². The first kappa shape index (κ1) is 28.3. The summed E-state index contributed by atoms with van der Waals surface area (Å²) in [7, 11) is 3.20. The fraction of sp³-hybridized carbons (Fsp3) is 0.400. The van der Waals surface area contributed by atoms with Crippen molar-refractivity contribution in [3.63, 3.8) is 0 Å². The second-order valence-electron chi connectivity index (χ2n) is 10.0. The molecule has 10 nitrogen and oxygen atoms in total. The minimum atomic E-state index is -0.603. The third kappa shape index (κ3) is 6.57. The monoisotopic (exact) mass is 563 g/mol. The topological polar surface area (TPSA) is 97.3 Å². The minimum Gasteiger partial charge on any atom is -0.497 e. The van der Waals surface area contributed by atoms with Crippen LogP contribution in [0.25, 0.3) is 11.3 Å². The molecular weight excluding hydrogens is 529 g/mol. The van der Waals surface area contributed by atoms with E-state index in [-0.39, 0.29) is 30.7 Å². The lowest BCUT2D eigenvalue weighted by atomic mass is 10.1.